The summed E-state index contributed by atoms with van der Waals surface area (Å²) in [6.07, 6.45) is 2.69. The van der Waals surface area contributed by atoms with Crippen LogP contribution in [-0.4, -0.2) is 27.9 Å². The second kappa shape index (κ2) is 4.47. The van der Waals surface area contributed by atoms with E-state index in [0.717, 1.165) is 11.9 Å². The molecule has 1 aromatic carbocycles. The first-order valence-corrected chi connectivity index (χ1v) is 5.15. The zero-order valence-electron chi connectivity index (χ0n) is 8.48. The first-order chi connectivity index (χ1) is 7.31. The Labute approximate surface area is 88.4 Å². The Balaban J connectivity index is 2.17. The highest BCUT2D eigenvalue weighted by Crippen LogP contribution is 2.19. The molecule has 0 amide bonds. The Morgan fingerprint density at radius 1 is 1.27 bits per heavy atom. The Kier molecular flexibility index (Phi) is 3.04. The highest BCUT2D eigenvalue weighted by Gasteiger charge is 2.05. The van der Waals surface area contributed by atoms with Crippen molar-refractivity contribution < 1.29 is 10.2 Å². The molecule has 2 aromatic rings. The molecule has 80 valence electrons. The van der Waals surface area contributed by atoms with E-state index in [1.807, 2.05) is 24.4 Å². The SMILES string of the molecule is OCC(O)CCc1cccc2[nH]ccc12. The summed E-state index contributed by atoms with van der Waals surface area (Å²) in [4.78, 5) is 3.15. The lowest BCUT2D eigenvalue weighted by atomic mass is 10.0. The molecule has 0 fully saturated rings. The van der Waals surface area contributed by atoms with E-state index in [1.165, 1.54) is 10.9 Å². The molecule has 1 heterocycles. The van der Waals surface area contributed by atoms with E-state index >= 15 is 0 Å². The maximum atomic E-state index is 9.28. The van der Waals surface area contributed by atoms with Crippen LogP contribution < -0.4 is 0 Å². The number of aliphatic hydroxyl groups is 2. The summed E-state index contributed by atoms with van der Waals surface area (Å²) in [5.74, 6) is 0. The van der Waals surface area contributed by atoms with Crippen LogP contribution in [0.1, 0.15) is 12.0 Å². The summed E-state index contributed by atoms with van der Waals surface area (Å²) < 4.78 is 0. The molecule has 1 aromatic heterocycles. The first kappa shape index (κ1) is 10.2. The number of hydrogen-bond acceptors (Lipinski definition) is 2. The largest absolute Gasteiger partial charge is 0.394 e. The van der Waals surface area contributed by atoms with E-state index in [-0.39, 0.29) is 6.61 Å². The van der Waals surface area contributed by atoms with Gasteiger partial charge in [-0.1, -0.05) is 12.1 Å². The number of aromatic nitrogens is 1. The number of aromatic amines is 1. The van der Waals surface area contributed by atoms with Crippen molar-refractivity contribution in [1.82, 2.24) is 4.98 Å². The van der Waals surface area contributed by atoms with Gasteiger partial charge < -0.3 is 15.2 Å². The maximum absolute atomic E-state index is 9.28. The molecule has 0 aliphatic carbocycles. The lowest BCUT2D eigenvalue weighted by Gasteiger charge is -2.07. The zero-order chi connectivity index (χ0) is 10.7. The summed E-state index contributed by atoms with van der Waals surface area (Å²) in [6, 6.07) is 8.12. The third-order valence-corrected chi connectivity index (χ3v) is 2.64. The van der Waals surface area contributed by atoms with Gasteiger partial charge in [0.2, 0.25) is 0 Å². The van der Waals surface area contributed by atoms with Crippen LogP contribution in [0, 0.1) is 0 Å². The predicted molar refractivity (Wildman–Crippen MR) is 59.7 cm³/mol. The van der Waals surface area contributed by atoms with E-state index in [2.05, 4.69) is 11.1 Å². The van der Waals surface area contributed by atoms with Gasteiger partial charge in [-0.2, -0.15) is 0 Å². The molecule has 3 heteroatoms. The summed E-state index contributed by atoms with van der Waals surface area (Å²) in [6.45, 7) is -0.164. The molecule has 0 aliphatic heterocycles. The quantitative estimate of drug-likeness (QED) is 0.707. The van der Waals surface area contributed by atoms with Gasteiger partial charge in [0.05, 0.1) is 12.7 Å². The molecule has 0 saturated heterocycles. The maximum Gasteiger partial charge on any atom is 0.0774 e. The van der Waals surface area contributed by atoms with Crippen LogP contribution in [0.2, 0.25) is 0 Å². The molecule has 15 heavy (non-hydrogen) atoms. The van der Waals surface area contributed by atoms with Crippen LogP contribution in [0.25, 0.3) is 10.9 Å². The average Bonchev–Trinajstić information content (AvgIpc) is 2.74. The molecule has 0 radical (unpaired) electrons. The molecule has 1 atom stereocenters. The second-order valence-corrected chi connectivity index (χ2v) is 3.73. The summed E-state index contributed by atoms with van der Waals surface area (Å²) in [5.41, 5.74) is 2.33. The van der Waals surface area contributed by atoms with Crippen molar-refractivity contribution in [1.29, 1.82) is 0 Å². The Morgan fingerprint density at radius 2 is 2.13 bits per heavy atom. The van der Waals surface area contributed by atoms with Crippen LogP contribution in [0.4, 0.5) is 0 Å². The predicted octanol–water partition coefficient (Wildman–Crippen LogP) is 1.45. The lowest BCUT2D eigenvalue weighted by Crippen LogP contribution is -2.12. The van der Waals surface area contributed by atoms with Gasteiger partial charge in [0, 0.05) is 17.1 Å². The summed E-state index contributed by atoms with van der Waals surface area (Å²) >= 11 is 0. The minimum absolute atomic E-state index is 0.164. The standard InChI is InChI=1S/C12H15NO2/c14-8-10(15)5-4-9-2-1-3-12-11(9)6-7-13-12/h1-3,6-7,10,13-15H,4-5,8H2. The van der Waals surface area contributed by atoms with Crippen molar-refractivity contribution in [3.05, 3.63) is 36.0 Å². The fourth-order valence-electron chi connectivity index (χ4n) is 1.78. The third-order valence-electron chi connectivity index (χ3n) is 2.64. The van der Waals surface area contributed by atoms with Crippen LogP contribution in [-0.2, 0) is 6.42 Å². The molecule has 0 bridgehead atoms. The number of aliphatic hydroxyl groups excluding tert-OH is 2. The van der Waals surface area contributed by atoms with Gasteiger partial charge in [-0.3, -0.25) is 0 Å². The van der Waals surface area contributed by atoms with E-state index in [4.69, 9.17) is 5.11 Å². The molecule has 0 spiro atoms. The number of H-pyrrole nitrogens is 1. The van der Waals surface area contributed by atoms with Crippen LogP contribution >= 0.6 is 0 Å². The van der Waals surface area contributed by atoms with Gasteiger partial charge in [0.1, 0.15) is 0 Å². The highest BCUT2D eigenvalue weighted by molar-refractivity contribution is 5.82. The van der Waals surface area contributed by atoms with Gasteiger partial charge in [0.15, 0.2) is 0 Å². The molecule has 3 nitrogen and oxygen atoms in total. The topological polar surface area (TPSA) is 56.2 Å². The molecule has 3 N–H and O–H groups in total. The number of aryl methyl sites for hydroxylation is 1. The van der Waals surface area contributed by atoms with Crippen LogP contribution in [0.15, 0.2) is 30.5 Å². The fraction of sp³-hybridized carbons (Fsp3) is 0.333. The minimum Gasteiger partial charge on any atom is -0.394 e. The van der Waals surface area contributed by atoms with Crippen molar-refractivity contribution in [2.24, 2.45) is 0 Å². The monoisotopic (exact) mass is 205 g/mol. The molecule has 1 unspecified atom stereocenters. The van der Waals surface area contributed by atoms with Crippen molar-refractivity contribution in [3.63, 3.8) is 0 Å². The Hall–Kier alpha value is -1.32. The fourth-order valence-corrected chi connectivity index (χ4v) is 1.78. The van der Waals surface area contributed by atoms with Crippen molar-refractivity contribution in [2.45, 2.75) is 18.9 Å². The number of nitrogens with one attached hydrogen (secondary N) is 1. The van der Waals surface area contributed by atoms with Crippen LogP contribution in [0.3, 0.4) is 0 Å². The van der Waals surface area contributed by atoms with Gasteiger partial charge in [-0.25, -0.2) is 0 Å². The number of hydrogen-bond donors (Lipinski definition) is 3. The molecular formula is C12H15NO2. The van der Waals surface area contributed by atoms with Crippen LogP contribution in [0.5, 0.6) is 0 Å². The summed E-state index contributed by atoms with van der Waals surface area (Å²) in [7, 11) is 0. The van der Waals surface area contributed by atoms with E-state index in [1.54, 1.807) is 0 Å². The Morgan fingerprint density at radius 3 is 2.93 bits per heavy atom. The minimum atomic E-state index is -0.612. The van der Waals surface area contributed by atoms with E-state index < -0.39 is 6.10 Å². The van der Waals surface area contributed by atoms with E-state index in [0.29, 0.717) is 6.42 Å². The van der Waals surface area contributed by atoms with Crippen molar-refractivity contribution in [2.75, 3.05) is 6.61 Å². The molecule has 2 rings (SSSR count). The van der Waals surface area contributed by atoms with Gasteiger partial charge in [-0.15, -0.1) is 0 Å². The normalized spacial score (nSPS) is 13.2. The van der Waals surface area contributed by atoms with Gasteiger partial charge in [-0.05, 0) is 30.5 Å². The summed E-state index contributed by atoms with van der Waals surface area (Å²) in [5, 5.41) is 19.2. The highest BCUT2D eigenvalue weighted by atomic mass is 16.3. The smallest absolute Gasteiger partial charge is 0.0774 e. The van der Waals surface area contributed by atoms with Gasteiger partial charge >= 0.3 is 0 Å². The first-order valence-electron chi connectivity index (χ1n) is 5.15. The lowest BCUT2D eigenvalue weighted by molar-refractivity contribution is 0.0886. The van der Waals surface area contributed by atoms with Gasteiger partial charge in [0.25, 0.3) is 0 Å². The van der Waals surface area contributed by atoms with Crippen molar-refractivity contribution in [3.8, 4) is 0 Å². The molecule has 0 aliphatic rings. The van der Waals surface area contributed by atoms with E-state index in [9.17, 15) is 5.11 Å². The molecule has 0 saturated carbocycles. The molecular weight excluding hydrogens is 190 g/mol. The second-order valence-electron chi connectivity index (χ2n) is 3.73. The number of rotatable bonds is 4. The third kappa shape index (κ3) is 2.19. The number of benzene rings is 1. The number of fused-ring (bicyclic) bond motifs is 1. The van der Waals surface area contributed by atoms with Crippen molar-refractivity contribution >= 4 is 10.9 Å². The Bertz CT molecular complexity index is 436. The zero-order valence-corrected chi connectivity index (χ0v) is 8.48. The average molecular weight is 205 g/mol.